The van der Waals surface area contributed by atoms with Crippen molar-refractivity contribution < 1.29 is 13.9 Å². The zero-order chi connectivity index (χ0) is 21.4. The fourth-order valence-electron chi connectivity index (χ4n) is 4.85. The highest BCUT2D eigenvalue weighted by molar-refractivity contribution is 5.83. The molecule has 0 bridgehead atoms. The molecule has 0 radical (unpaired) electrons. The van der Waals surface area contributed by atoms with Gasteiger partial charge in [-0.2, -0.15) is 5.10 Å². The molecular weight excluding hydrogens is 395 g/mol. The Labute approximate surface area is 181 Å². The number of hydrogen-bond donors (Lipinski definition) is 2. The topological polar surface area (TPSA) is 62.4 Å². The highest BCUT2D eigenvalue weighted by Gasteiger charge is 2.30. The molecule has 1 fully saturated rings. The number of halogens is 1. The maximum atomic E-state index is 12.3. The van der Waals surface area contributed by atoms with Gasteiger partial charge in [-0.25, -0.2) is 0 Å². The summed E-state index contributed by atoms with van der Waals surface area (Å²) in [6.45, 7) is 4.45. The minimum Gasteiger partial charge on any atom is -0.496 e. The van der Waals surface area contributed by atoms with Crippen molar-refractivity contribution in [3.63, 3.8) is 0 Å². The van der Waals surface area contributed by atoms with Crippen LogP contribution < -0.4 is 14.8 Å². The molecule has 3 heterocycles. The Balaban J connectivity index is 1.38. The third-order valence-corrected chi connectivity index (χ3v) is 6.39. The van der Waals surface area contributed by atoms with E-state index >= 15 is 0 Å². The predicted octanol–water partition coefficient (Wildman–Crippen LogP) is 3.62. The molecule has 5 rings (SSSR count). The zero-order valence-corrected chi connectivity index (χ0v) is 18.0. The first-order chi connectivity index (χ1) is 15.2. The molecule has 3 aromatic rings. The van der Waals surface area contributed by atoms with Crippen molar-refractivity contribution in [3.05, 3.63) is 53.2 Å². The molecule has 7 heteroatoms. The second kappa shape index (κ2) is 8.48. The number of alkyl halides is 1. The second-order valence-electron chi connectivity index (χ2n) is 8.62. The molecular formula is C24H29FN4O2. The van der Waals surface area contributed by atoms with E-state index in [-0.39, 0.29) is 18.8 Å². The number of hydrogen-bond acceptors (Lipinski definition) is 5. The van der Waals surface area contributed by atoms with Crippen molar-refractivity contribution in [1.82, 2.24) is 20.4 Å². The molecule has 2 aromatic carbocycles. The van der Waals surface area contributed by atoms with Crippen LogP contribution in [0.25, 0.3) is 10.9 Å². The van der Waals surface area contributed by atoms with Crippen molar-refractivity contribution in [2.24, 2.45) is 0 Å². The first-order valence-electron chi connectivity index (χ1n) is 11.0. The average Bonchev–Trinajstić information content (AvgIpc) is 3.24. The standard InChI is InChI=1S/C24H29FN4O2/c1-15-10-20-18(6-7-22-21(20)12-26-28-22)24(27-15)19-5-4-16(11-23(19)30-2)31-17-13-29(14-17)9-3-8-25/h4-7,11-12,15,17,24,27H,3,8-10,13-14H2,1-2H3,(H,26,28). The lowest BCUT2D eigenvalue weighted by atomic mass is 9.85. The summed E-state index contributed by atoms with van der Waals surface area (Å²) in [5.41, 5.74) is 4.78. The maximum Gasteiger partial charge on any atom is 0.127 e. The van der Waals surface area contributed by atoms with Crippen molar-refractivity contribution in [2.75, 3.05) is 33.4 Å². The number of likely N-dealkylation sites (tertiary alicyclic amines) is 1. The number of benzene rings is 2. The van der Waals surface area contributed by atoms with E-state index < -0.39 is 0 Å². The van der Waals surface area contributed by atoms with Gasteiger partial charge in [-0.15, -0.1) is 0 Å². The molecule has 0 saturated carbocycles. The van der Waals surface area contributed by atoms with E-state index in [0.29, 0.717) is 12.5 Å². The summed E-state index contributed by atoms with van der Waals surface area (Å²) in [4.78, 5) is 2.22. The van der Waals surface area contributed by atoms with E-state index in [1.807, 2.05) is 18.3 Å². The van der Waals surface area contributed by atoms with Crippen molar-refractivity contribution in [2.45, 2.75) is 38.0 Å². The van der Waals surface area contributed by atoms with E-state index in [9.17, 15) is 4.39 Å². The molecule has 164 valence electrons. The maximum absolute atomic E-state index is 12.3. The van der Waals surface area contributed by atoms with E-state index in [0.717, 1.165) is 48.6 Å². The fourth-order valence-corrected chi connectivity index (χ4v) is 4.85. The van der Waals surface area contributed by atoms with Gasteiger partial charge in [0.25, 0.3) is 0 Å². The minimum atomic E-state index is -0.260. The second-order valence-corrected chi connectivity index (χ2v) is 8.62. The molecule has 31 heavy (non-hydrogen) atoms. The Kier molecular flexibility index (Phi) is 5.54. The van der Waals surface area contributed by atoms with Crippen LogP contribution in [0.2, 0.25) is 0 Å². The number of aromatic amines is 1. The lowest BCUT2D eigenvalue weighted by molar-refractivity contribution is 0.0183. The Morgan fingerprint density at radius 3 is 2.84 bits per heavy atom. The van der Waals surface area contributed by atoms with Crippen LogP contribution in [0.4, 0.5) is 4.39 Å². The highest BCUT2D eigenvalue weighted by atomic mass is 19.1. The molecule has 6 nitrogen and oxygen atoms in total. The molecule has 0 amide bonds. The van der Waals surface area contributed by atoms with Gasteiger partial charge >= 0.3 is 0 Å². The van der Waals surface area contributed by atoms with Crippen LogP contribution in [0, 0.1) is 0 Å². The number of rotatable bonds is 7. The molecule has 0 spiro atoms. The average molecular weight is 425 g/mol. The van der Waals surface area contributed by atoms with Gasteiger partial charge in [0.2, 0.25) is 0 Å². The van der Waals surface area contributed by atoms with Gasteiger partial charge < -0.3 is 14.8 Å². The quantitative estimate of drug-likeness (QED) is 0.607. The Morgan fingerprint density at radius 1 is 1.19 bits per heavy atom. The first-order valence-corrected chi connectivity index (χ1v) is 11.0. The Morgan fingerprint density at radius 2 is 2.03 bits per heavy atom. The van der Waals surface area contributed by atoms with Crippen LogP contribution in [-0.4, -0.2) is 60.7 Å². The van der Waals surface area contributed by atoms with Gasteiger partial charge in [0, 0.05) is 42.7 Å². The van der Waals surface area contributed by atoms with E-state index in [2.05, 4.69) is 45.5 Å². The van der Waals surface area contributed by atoms with Crippen LogP contribution in [0.15, 0.2) is 36.5 Å². The zero-order valence-electron chi connectivity index (χ0n) is 18.0. The van der Waals surface area contributed by atoms with Crippen molar-refractivity contribution >= 4 is 10.9 Å². The highest BCUT2D eigenvalue weighted by Crippen LogP contribution is 2.39. The summed E-state index contributed by atoms with van der Waals surface area (Å²) in [5, 5.41) is 12.2. The van der Waals surface area contributed by atoms with E-state index in [1.165, 1.54) is 16.5 Å². The third kappa shape index (κ3) is 3.88. The normalized spacial score (nSPS) is 21.6. The molecule has 2 aliphatic heterocycles. The third-order valence-electron chi connectivity index (χ3n) is 6.39. The molecule has 2 N–H and O–H groups in total. The van der Waals surface area contributed by atoms with E-state index in [1.54, 1.807) is 7.11 Å². The summed E-state index contributed by atoms with van der Waals surface area (Å²) in [6.07, 6.45) is 3.63. The number of aromatic nitrogens is 2. The monoisotopic (exact) mass is 424 g/mol. The smallest absolute Gasteiger partial charge is 0.127 e. The predicted molar refractivity (Wildman–Crippen MR) is 119 cm³/mol. The lowest BCUT2D eigenvalue weighted by Crippen LogP contribution is -2.53. The molecule has 1 saturated heterocycles. The van der Waals surface area contributed by atoms with Crippen LogP contribution in [0.1, 0.15) is 36.1 Å². The summed E-state index contributed by atoms with van der Waals surface area (Å²) in [6, 6.07) is 10.8. The van der Waals surface area contributed by atoms with Crippen LogP contribution in [0.3, 0.4) is 0 Å². The van der Waals surface area contributed by atoms with Gasteiger partial charge in [-0.1, -0.05) is 6.07 Å². The summed E-state index contributed by atoms with van der Waals surface area (Å²) >= 11 is 0. The van der Waals surface area contributed by atoms with Crippen molar-refractivity contribution in [1.29, 1.82) is 0 Å². The fraction of sp³-hybridized carbons (Fsp3) is 0.458. The summed E-state index contributed by atoms with van der Waals surface area (Å²) < 4.78 is 24.2. The van der Waals surface area contributed by atoms with E-state index in [4.69, 9.17) is 9.47 Å². The molecule has 2 unspecified atom stereocenters. The first kappa shape index (κ1) is 20.3. The van der Waals surface area contributed by atoms with Crippen LogP contribution >= 0.6 is 0 Å². The van der Waals surface area contributed by atoms with Gasteiger partial charge in [-0.05, 0) is 49.1 Å². The summed E-state index contributed by atoms with van der Waals surface area (Å²) in [5.74, 6) is 1.63. The van der Waals surface area contributed by atoms with Crippen molar-refractivity contribution in [3.8, 4) is 11.5 Å². The molecule has 2 aliphatic rings. The minimum absolute atomic E-state index is 0.0435. The molecule has 2 atom stereocenters. The van der Waals surface area contributed by atoms with Crippen LogP contribution in [0.5, 0.6) is 11.5 Å². The van der Waals surface area contributed by atoms with Crippen LogP contribution in [-0.2, 0) is 6.42 Å². The van der Waals surface area contributed by atoms with Gasteiger partial charge in [-0.3, -0.25) is 14.4 Å². The number of methoxy groups -OCH3 is 1. The van der Waals surface area contributed by atoms with Gasteiger partial charge in [0.1, 0.15) is 17.6 Å². The number of nitrogens with one attached hydrogen (secondary N) is 2. The number of nitrogens with zero attached hydrogens (tertiary/aromatic N) is 2. The number of ether oxygens (including phenoxy) is 2. The number of H-pyrrole nitrogens is 1. The summed E-state index contributed by atoms with van der Waals surface area (Å²) in [7, 11) is 1.71. The van der Waals surface area contributed by atoms with Gasteiger partial charge in [0.05, 0.1) is 31.5 Å². The lowest BCUT2D eigenvalue weighted by Gasteiger charge is -2.39. The molecule has 0 aliphatic carbocycles. The molecule has 1 aromatic heterocycles. The van der Waals surface area contributed by atoms with Gasteiger partial charge in [0.15, 0.2) is 0 Å². The SMILES string of the molecule is COc1cc(OC2CN(CCCF)C2)ccc1C1NC(C)Cc2c1ccc1[nH]ncc21. The largest absolute Gasteiger partial charge is 0.496 e. The Hall–Kier alpha value is -2.64. The number of fused-ring (bicyclic) bond motifs is 3. The Bertz CT molecular complexity index is 1060.